The monoisotopic (exact) mass is 408 g/mol. The van der Waals surface area contributed by atoms with Crippen molar-refractivity contribution in [3.8, 4) is 23.0 Å². The lowest BCUT2D eigenvalue weighted by molar-refractivity contribution is 0.0845. The molecule has 0 fully saturated rings. The Labute approximate surface area is 177 Å². The molecule has 2 aromatic rings. The van der Waals surface area contributed by atoms with Gasteiger partial charge in [0.05, 0.1) is 6.42 Å². The average Bonchev–Trinajstić information content (AvgIpc) is 2.67. The molecule has 0 radical (unpaired) electrons. The van der Waals surface area contributed by atoms with Gasteiger partial charge in [0.15, 0.2) is 5.78 Å². The average molecular weight is 408 g/mol. The molecule has 0 aliphatic carbocycles. The van der Waals surface area contributed by atoms with Gasteiger partial charge in [-0.1, -0.05) is 29.4 Å². The number of hydrogen-bond acceptors (Lipinski definition) is 5. The molecule has 30 heavy (non-hydrogen) atoms. The van der Waals surface area contributed by atoms with Gasteiger partial charge >= 0.3 is 0 Å². The molecule has 0 aromatic heterocycles. The molecular formula is C25H28O5. The summed E-state index contributed by atoms with van der Waals surface area (Å²) in [7, 11) is 0. The van der Waals surface area contributed by atoms with Crippen LogP contribution in [-0.2, 0) is 0 Å². The normalized spacial score (nSPS) is 15.9. The second-order valence-corrected chi connectivity index (χ2v) is 7.82. The number of carbonyl (C=O) groups is 1. The zero-order chi connectivity index (χ0) is 21.7. The number of phenols is 2. The summed E-state index contributed by atoms with van der Waals surface area (Å²) in [4.78, 5) is 12.4. The number of ketones is 1. The highest BCUT2D eigenvalue weighted by Gasteiger charge is 2.30. The fourth-order valence-corrected chi connectivity index (χ4v) is 3.36. The number of aromatic hydroxyl groups is 2. The van der Waals surface area contributed by atoms with E-state index in [0.29, 0.717) is 6.61 Å². The van der Waals surface area contributed by atoms with E-state index in [9.17, 15) is 15.0 Å². The number of rotatable bonds is 7. The van der Waals surface area contributed by atoms with Gasteiger partial charge in [-0.05, 0) is 57.4 Å². The van der Waals surface area contributed by atoms with Crippen LogP contribution in [0.4, 0.5) is 0 Å². The largest absolute Gasteiger partial charge is 0.508 e. The second-order valence-electron chi connectivity index (χ2n) is 7.82. The van der Waals surface area contributed by atoms with E-state index >= 15 is 0 Å². The molecule has 2 aromatic carbocycles. The van der Waals surface area contributed by atoms with Gasteiger partial charge in [0, 0.05) is 12.1 Å². The smallest absolute Gasteiger partial charge is 0.174 e. The molecule has 0 saturated heterocycles. The number of benzene rings is 2. The zero-order valence-corrected chi connectivity index (χ0v) is 17.6. The van der Waals surface area contributed by atoms with Gasteiger partial charge in [0.1, 0.15) is 41.3 Å². The van der Waals surface area contributed by atoms with Gasteiger partial charge in [-0.25, -0.2) is 0 Å². The van der Waals surface area contributed by atoms with E-state index in [1.165, 1.54) is 17.2 Å². The predicted octanol–water partition coefficient (Wildman–Crippen LogP) is 5.88. The van der Waals surface area contributed by atoms with Gasteiger partial charge in [-0.3, -0.25) is 4.79 Å². The van der Waals surface area contributed by atoms with Crippen molar-refractivity contribution in [3.05, 3.63) is 70.8 Å². The molecule has 3 rings (SSSR count). The van der Waals surface area contributed by atoms with Crippen molar-refractivity contribution in [2.45, 2.75) is 46.1 Å². The van der Waals surface area contributed by atoms with Crippen LogP contribution in [-0.4, -0.2) is 22.6 Å². The van der Waals surface area contributed by atoms with Crippen LogP contribution in [0.1, 0.15) is 62.1 Å². The molecule has 0 bridgehead atoms. The number of hydrogen-bond donors (Lipinski definition) is 2. The van der Waals surface area contributed by atoms with E-state index in [1.807, 2.05) is 24.3 Å². The molecule has 1 aliphatic heterocycles. The number of phenolic OH excluding ortho intramolecular Hbond substituents is 2. The molecule has 1 aliphatic rings. The zero-order valence-electron chi connectivity index (χ0n) is 17.6. The molecule has 0 spiro atoms. The quantitative estimate of drug-likeness (QED) is 0.560. The molecule has 1 heterocycles. The highest BCUT2D eigenvalue weighted by molar-refractivity contribution is 6.02. The van der Waals surface area contributed by atoms with Crippen molar-refractivity contribution in [1.29, 1.82) is 0 Å². The molecular weight excluding hydrogens is 380 g/mol. The Bertz CT molecular complexity index is 966. The maximum Gasteiger partial charge on any atom is 0.174 e. The van der Waals surface area contributed by atoms with Crippen molar-refractivity contribution in [2.24, 2.45) is 0 Å². The van der Waals surface area contributed by atoms with Crippen LogP contribution in [0.5, 0.6) is 23.0 Å². The highest BCUT2D eigenvalue weighted by atomic mass is 16.5. The third-order valence-electron chi connectivity index (χ3n) is 5.01. The molecule has 1 atom stereocenters. The van der Waals surface area contributed by atoms with Gasteiger partial charge in [0.2, 0.25) is 0 Å². The SMILES string of the molecule is CC(C)=CCC/C(C)=C/COc1ccc(C2CC(=O)c3c(O)cc(O)cc3O2)cc1. The first-order chi connectivity index (χ1) is 14.3. The number of Topliss-reactive ketones (excluding diaryl/α,β-unsaturated/α-hetero) is 1. The molecule has 5 nitrogen and oxygen atoms in total. The summed E-state index contributed by atoms with van der Waals surface area (Å²) >= 11 is 0. The van der Waals surface area contributed by atoms with Crippen LogP contribution in [0.15, 0.2) is 59.7 Å². The lowest BCUT2D eigenvalue weighted by atomic mass is 9.95. The van der Waals surface area contributed by atoms with Gasteiger partial charge in [-0.15, -0.1) is 0 Å². The molecule has 0 saturated carbocycles. The Morgan fingerprint density at radius 3 is 2.57 bits per heavy atom. The van der Waals surface area contributed by atoms with Crippen molar-refractivity contribution in [1.82, 2.24) is 0 Å². The number of carbonyl (C=O) groups excluding carboxylic acids is 1. The summed E-state index contributed by atoms with van der Waals surface area (Å²) in [5.74, 6) is 0.314. The Kier molecular flexibility index (Phi) is 6.83. The number of allylic oxidation sites excluding steroid dienone is 3. The number of ether oxygens (including phenoxy) is 2. The maximum absolute atomic E-state index is 12.4. The van der Waals surface area contributed by atoms with Gasteiger partial charge in [0.25, 0.3) is 0 Å². The molecule has 5 heteroatoms. The molecule has 2 N–H and O–H groups in total. The van der Waals surface area contributed by atoms with Crippen molar-refractivity contribution in [2.75, 3.05) is 6.61 Å². The summed E-state index contributed by atoms with van der Waals surface area (Å²) in [6.07, 6.45) is 6.03. The second kappa shape index (κ2) is 9.53. The molecule has 1 unspecified atom stereocenters. The predicted molar refractivity (Wildman–Crippen MR) is 116 cm³/mol. The summed E-state index contributed by atoms with van der Waals surface area (Å²) in [6.45, 7) is 6.82. The summed E-state index contributed by atoms with van der Waals surface area (Å²) in [6, 6.07) is 9.93. The van der Waals surface area contributed by atoms with Crippen LogP contribution in [0, 0.1) is 0 Å². The minimum Gasteiger partial charge on any atom is -0.508 e. The summed E-state index contributed by atoms with van der Waals surface area (Å²) in [5, 5.41) is 19.6. The Morgan fingerprint density at radius 1 is 1.13 bits per heavy atom. The number of fused-ring (bicyclic) bond motifs is 1. The summed E-state index contributed by atoms with van der Waals surface area (Å²) in [5.41, 5.74) is 3.58. The Morgan fingerprint density at radius 2 is 1.87 bits per heavy atom. The van der Waals surface area contributed by atoms with Crippen LogP contribution in [0.2, 0.25) is 0 Å². The standard InChI is InChI=1S/C25H28O5/c1-16(2)5-4-6-17(3)11-12-29-20-9-7-18(8-10-20)23-15-22(28)25-21(27)13-19(26)14-24(25)30-23/h5,7-11,13-14,23,26-27H,4,6,12,15H2,1-3H3/b17-11+. The highest BCUT2D eigenvalue weighted by Crippen LogP contribution is 2.41. The fraction of sp³-hybridized carbons (Fsp3) is 0.320. The Balaban J connectivity index is 1.59. The lowest BCUT2D eigenvalue weighted by Gasteiger charge is -2.26. The maximum atomic E-state index is 12.4. The van der Waals surface area contributed by atoms with Crippen LogP contribution >= 0.6 is 0 Å². The summed E-state index contributed by atoms with van der Waals surface area (Å²) < 4.78 is 11.7. The van der Waals surface area contributed by atoms with E-state index in [1.54, 1.807) is 0 Å². The van der Waals surface area contributed by atoms with Crippen LogP contribution in [0.25, 0.3) is 0 Å². The minimum absolute atomic E-state index is 0.121. The molecule has 0 amide bonds. The van der Waals surface area contributed by atoms with Crippen LogP contribution in [0.3, 0.4) is 0 Å². The van der Waals surface area contributed by atoms with E-state index in [4.69, 9.17) is 9.47 Å². The van der Waals surface area contributed by atoms with Crippen LogP contribution < -0.4 is 9.47 Å². The Hall–Kier alpha value is -3.21. The first kappa shape index (κ1) is 21.5. The molecule has 158 valence electrons. The minimum atomic E-state index is -0.475. The van der Waals surface area contributed by atoms with Gasteiger partial charge in [-0.2, -0.15) is 0 Å². The third-order valence-corrected chi connectivity index (χ3v) is 5.01. The third kappa shape index (κ3) is 5.44. The first-order valence-corrected chi connectivity index (χ1v) is 10.1. The topological polar surface area (TPSA) is 76.0 Å². The van der Waals surface area contributed by atoms with Crippen molar-refractivity contribution >= 4 is 5.78 Å². The lowest BCUT2D eigenvalue weighted by Crippen LogP contribution is -2.20. The fourth-order valence-electron chi connectivity index (χ4n) is 3.36. The van der Waals surface area contributed by atoms with E-state index in [2.05, 4.69) is 32.9 Å². The van der Waals surface area contributed by atoms with Gasteiger partial charge < -0.3 is 19.7 Å². The van der Waals surface area contributed by atoms with Crippen molar-refractivity contribution in [3.63, 3.8) is 0 Å². The van der Waals surface area contributed by atoms with E-state index < -0.39 is 6.10 Å². The van der Waals surface area contributed by atoms with E-state index in [0.717, 1.165) is 30.2 Å². The first-order valence-electron chi connectivity index (χ1n) is 10.1. The van der Waals surface area contributed by atoms with E-state index in [-0.39, 0.29) is 35.0 Å². The van der Waals surface area contributed by atoms with Crippen molar-refractivity contribution < 1.29 is 24.5 Å².